The maximum absolute atomic E-state index is 13.6. The zero-order valence-electron chi connectivity index (χ0n) is 21.1. The number of imide groups is 1. The molecule has 1 atom stereocenters. The Balaban J connectivity index is 1.36. The third kappa shape index (κ3) is 5.58. The van der Waals surface area contributed by atoms with Crippen LogP contribution in [0, 0.1) is 6.92 Å². The third-order valence-electron chi connectivity index (χ3n) is 6.28. The first-order valence-corrected chi connectivity index (χ1v) is 14.2. The fourth-order valence-electron chi connectivity index (χ4n) is 4.39. The van der Waals surface area contributed by atoms with Gasteiger partial charge in [-0.2, -0.15) is 0 Å². The minimum Gasteiger partial charge on any atom is -0.494 e. The number of hydrogen-bond acceptors (Lipinski definition) is 7. The standard InChI is InChI=1S/C29H27N3O4S2/c1-3-36-22-13-14-23-25(15-22)38-29(30-23)37-18-27(34)31(17-20-7-5-4-6-8-20)24-16-26(33)32(28(24)35)21-11-9-19(2)10-12-21/h4-15,24H,3,16-18H2,1-2H3. The summed E-state index contributed by atoms with van der Waals surface area (Å²) in [7, 11) is 0. The summed E-state index contributed by atoms with van der Waals surface area (Å²) in [6.07, 6.45) is -0.0444. The quantitative estimate of drug-likeness (QED) is 0.205. The number of anilines is 1. The Hall–Kier alpha value is -3.69. The van der Waals surface area contributed by atoms with E-state index in [0.29, 0.717) is 12.3 Å². The zero-order chi connectivity index (χ0) is 26.6. The first-order valence-electron chi connectivity index (χ1n) is 12.4. The van der Waals surface area contributed by atoms with Gasteiger partial charge in [-0.1, -0.05) is 59.8 Å². The molecule has 1 aromatic heterocycles. The predicted octanol–water partition coefficient (Wildman–Crippen LogP) is 5.46. The number of benzene rings is 3. The molecule has 0 bridgehead atoms. The third-order valence-corrected chi connectivity index (χ3v) is 8.42. The number of carbonyl (C=O) groups is 3. The Morgan fingerprint density at radius 1 is 1.11 bits per heavy atom. The Morgan fingerprint density at radius 3 is 2.61 bits per heavy atom. The fourth-order valence-corrected chi connectivity index (χ4v) is 6.37. The highest BCUT2D eigenvalue weighted by Crippen LogP contribution is 2.33. The number of fused-ring (bicyclic) bond motifs is 1. The van der Waals surface area contributed by atoms with Gasteiger partial charge in [0, 0.05) is 6.54 Å². The SMILES string of the molecule is CCOc1ccc2nc(SCC(=O)N(Cc3ccccc3)C3CC(=O)N(c4ccc(C)cc4)C3=O)sc2c1. The predicted molar refractivity (Wildman–Crippen MR) is 151 cm³/mol. The lowest BCUT2D eigenvalue weighted by molar-refractivity contribution is -0.136. The van der Waals surface area contributed by atoms with Gasteiger partial charge in [0.25, 0.3) is 5.91 Å². The molecule has 0 radical (unpaired) electrons. The van der Waals surface area contributed by atoms with Gasteiger partial charge < -0.3 is 9.64 Å². The zero-order valence-corrected chi connectivity index (χ0v) is 22.8. The molecule has 1 saturated heterocycles. The number of ether oxygens (including phenoxy) is 1. The number of rotatable bonds is 9. The van der Waals surface area contributed by atoms with E-state index in [4.69, 9.17) is 4.74 Å². The largest absolute Gasteiger partial charge is 0.494 e. The lowest BCUT2D eigenvalue weighted by Gasteiger charge is -2.27. The maximum Gasteiger partial charge on any atom is 0.257 e. The van der Waals surface area contributed by atoms with Gasteiger partial charge in [-0.25, -0.2) is 9.88 Å². The summed E-state index contributed by atoms with van der Waals surface area (Å²) in [5, 5.41) is 0. The van der Waals surface area contributed by atoms with Gasteiger partial charge in [-0.3, -0.25) is 14.4 Å². The monoisotopic (exact) mass is 545 g/mol. The Morgan fingerprint density at radius 2 is 1.87 bits per heavy atom. The normalized spacial score (nSPS) is 15.3. The van der Waals surface area contributed by atoms with Crippen LogP contribution >= 0.6 is 23.1 Å². The molecule has 3 amide bonds. The van der Waals surface area contributed by atoms with Crippen LogP contribution in [0.15, 0.2) is 77.1 Å². The minimum atomic E-state index is -0.860. The molecule has 0 aliphatic carbocycles. The molecule has 9 heteroatoms. The average Bonchev–Trinajstić information content (AvgIpc) is 3.46. The van der Waals surface area contributed by atoms with E-state index in [9.17, 15) is 14.4 Å². The molecule has 5 rings (SSSR count). The molecule has 2 heterocycles. The van der Waals surface area contributed by atoms with E-state index < -0.39 is 6.04 Å². The van der Waals surface area contributed by atoms with Gasteiger partial charge in [0.2, 0.25) is 11.8 Å². The van der Waals surface area contributed by atoms with Crippen molar-refractivity contribution < 1.29 is 19.1 Å². The van der Waals surface area contributed by atoms with Crippen molar-refractivity contribution in [3.8, 4) is 5.75 Å². The number of thiazole rings is 1. The smallest absolute Gasteiger partial charge is 0.257 e. The first-order chi connectivity index (χ1) is 18.4. The van der Waals surface area contributed by atoms with Gasteiger partial charge in [0.15, 0.2) is 4.34 Å². The molecule has 0 spiro atoms. The van der Waals surface area contributed by atoms with Crippen molar-refractivity contribution in [3.63, 3.8) is 0 Å². The van der Waals surface area contributed by atoms with Crippen molar-refractivity contribution in [1.82, 2.24) is 9.88 Å². The molecule has 3 aromatic carbocycles. The molecule has 0 saturated carbocycles. The lowest BCUT2D eigenvalue weighted by Crippen LogP contribution is -2.45. The highest BCUT2D eigenvalue weighted by Gasteiger charge is 2.44. The van der Waals surface area contributed by atoms with E-state index in [-0.39, 0.29) is 36.4 Å². The molecule has 1 unspecified atom stereocenters. The number of amides is 3. The van der Waals surface area contributed by atoms with E-state index in [1.165, 1.54) is 32.9 Å². The van der Waals surface area contributed by atoms with E-state index >= 15 is 0 Å². The molecule has 38 heavy (non-hydrogen) atoms. The van der Waals surface area contributed by atoms with E-state index in [1.807, 2.05) is 74.5 Å². The Labute approximate surface area is 229 Å². The van der Waals surface area contributed by atoms with Gasteiger partial charge in [-0.15, -0.1) is 11.3 Å². The van der Waals surface area contributed by atoms with Crippen LogP contribution in [0.1, 0.15) is 24.5 Å². The van der Waals surface area contributed by atoms with Gasteiger partial charge in [0.1, 0.15) is 11.8 Å². The molecule has 1 fully saturated rings. The van der Waals surface area contributed by atoms with Crippen LogP contribution in [0.4, 0.5) is 5.69 Å². The molecular formula is C29H27N3O4S2. The molecule has 1 aliphatic heterocycles. The minimum absolute atomic E-state index is 0.0444. The number of thioether (sulfide) groups is 1. The van der Waals surface area contributed by atoms with Crippen LogP contribution in [-0.2, 0) is 20.9 Å². The highest BCUT2D eigenvalue weighted by atomic mass is 32.2. The second-order valence-electron chi connectivity index (χ2n) is 8.96. The number of aromatic nitrogens is 1. The summed E-state index contributed by atoms with van der Waals surface area (Å²) in [6.45, 7) is 4.71. The number of hydrogen-bond donors (Lipinski definition) is 0. The second kappa shape index (κ2) is 11.4. The number of nitrogens with zero attached hydrogens (tertiary/aromatic N) is 3. The molecule has 194 valence electrons. The summed E-state index contributed by atoms with van der Waals surface area (Å²) >= 11 is 2.84. The fraction of sp³-hybridized carbons (Fsp3) is 0.241. The van der Waals surface area contributed by atoms with Crippen LogP contribution in [0.3, 0.4) is 0 Å². The molecule has 1 aliphatic rings. The Bertz CT molecular complexity index is 1470. The van der Waals surface area contributed by atoms with Crippen LogP contribution in [0.5, 0.6) is 5.75 Å². The maximum atomic E-state index is 13.6. The molecular weight excluding hydrogens is 518 g/mol. The van der Waals surface area contributed by atoms with Gasteiger partial charge in [0.05, 0.1) is 34.7 Å². The summed E-state index contributed by atoms with van der Waals surface area (Å²) in [6, 6.07) is 21.6. The van der Waals surface area contributed by atoms with Crippen LogP contribution < -0.4 is 9.64 Å². The highest BCUT2D eigenvalue weighted by molar-refractivity contribution is 8.01. The molecule has 7 nitrogen and oxygen atoms in total. The van der Waals surface area contributed by atoms with Crippen LogP contribution in [-0.4, -0.2) is 46.0 Å². The lowest BCUT2D eigenvalue weighted by atomic mass is 10.1. The molecule has 4 aromatic rings. The number of carbonyl (C=O) groups excluding carboxylic acids is 3. The van der Waals surface area contributed by atoms with Crippen molar-refractivity contribution in [1.29, 1.82) is 0 Å². The Kier molecular flexibility index (Phi) is 7.76. The number of aryl methyl sites for hydroxylation is 1. The van der Waals surface area contributed by atoms with Crippen molar-refractivity contribution in [3.05, 3.63) is 83.9 Å². The summed E-state index contributed by atoms with van der Waals surface area (Å²) < 4.78 is 7.32. The summed E-state index contributed by atoms with van der Waals surface area (Å²) in [5.74, 6) is -0.0129. The van der Waals surface area contributed by atoms with Gasteiger partial charge in [-0.05, 0) is 49.7 Å². The van der Waals surface area contributed by atoms with E-state index in [1.54, 1.807) is 12.1 Å². The molecule has 0 N–H and O–H groups in total. The second-order valence-corrected chi connectivity index (χ2v) is 11.2. The topological polar surface area (TPSA) is 79.8 Å². The van der Waals surface area contributed by atoms with Crippen LogP contribution in [0.2, 0.25) is 0 Å². The van der Waals surface area contributed by atoms with Crippen molar-refractivity contribution in [2.24, 2.45) is 0 Å². The summed E-state index contributed by atoms with van der Waals surface area (Å²) in [5.41, 5.74) is 3.30. The van der Waals surface area contributed by atoms with E-state index in [0.717, 1.165) is 31.4 Å². The van der Waals surface area contributed by atoms with Crippen molar-refractivity contribution in [2.75, 3.05) is 17.3 Å². The van der Waals surface area contributed by atoms with Crippen molar-refractivity contribution in [2.45, 2.75) is 37.2 Å². The van der Waals surface area contributed by atoms with Gasteiger partial charge >= 0.3 is 0 Å². The average molecular weight is 546 g/mol. The van der Waals surface area contributed by atoms with Crippen LogP contribution in [0.25, 0.3) is 10.2 Å². The first kappa shape index (κ1) is 25.9. The van der Waals surface area contributed by atoms with E-state index in [2.05, 4.69) is 4.98 Å². The van der Waals surface area contributed by atoms with Crippen molar-refractivity contribution >= 4 is 56.7 Å². The summed E-state index contributed by atoms with van der Waals surface area (Å²) in [4.78, 5) is 47.4.